The van der Waals surface area contributed by atoms with Crippen LogP contribution in [-0.4, -0.2) is 46.6 Å². The SMILES string of the molecule is O=C(O)C1CCC(C(=O)N2CCCCc3ccccc32)N1C1CC1. The Morgan fingerprint density at radius 3 is 2.50 bits per heavy atom. The Balaban J connectivity index is 1.62. The highest BCUT2D eigenvalue weighted by molar-refractivity contribution is 5.98. The van der Waals surface area contributed by atoms with Gasteiger partial charge in [0.05, 0.1) is 6.04 Å². The molecule has 1 saturated carbocycles. The summed E-state index contributed by atoms with van der Waals surface area (Å²) in [7, 11) is 0. The van der Waals surface area contributed by atoms with Gasteiger partial charge in [0.1, 0.15) is 6.04 Å². The quantitative estimate of drug-likeness (QED) is 0.926. The van der Waals surface area contributed by atoms with Gasteiger partial charge in [-0.1, -0.05) is 18.2 Å². The van der Waals surface area contributed by atoms with Crippen LogP contribution in [0.25, 0.3) is 0 Å². The van der Waals surface area contributed by atoms with Crippen molar-refractivity contribution in [2.75, 3.05) is 11.4 Å². The number of rotatable bonds is 3. The van der Waals surface area contributed by atoms with Crippen LogP contribution in [0.1, 0.15) is 44.1 Å². The number of nitrogens with zero attached hydrogens (tertiary/aromatic N) is 2. The molecule has 128 valence electrons. The molecule has 0 radical (unpaired) electrons. The number of amides is 1. The number of anilines is 1. The van der Waals surface area contributed by atoms with Gasteiger partial charge in [-0.25, -0.2) is 0 Å². The minimum Gasteiger partial charge on any atom is -0.480 e. The van der Waals surface area contributed by atoms with E-state index in [0.29, 0.717) is 12.8 Å². The smallest absolute Gasteiger partial charge is 0.320 e. The third-order valence-electron chi connectivity index (χ3n) is 5.60. The first kappa shape index (κ1) is 15.6. The first-order valence-electron chi connectivity index (χ1n) is 9.06. The van der Waals surface area contributed by atoms with E-state index in [1.54, 1.807) is 0 Å². The Morgan fingerprint density at radius 1 is 1.00 bits per heavy atom. The minimum atomic E-state index is -0.784. The molecule has 0 aromatic heterocycles. The van der Waals surface area contributed by atoms with Crippen LogP contribution in [0.3, 0.4) is 0 Å². The fraction of sp³-hybridized carbons (Fsp3) is 0.579. The second-order valence-corrected chi connectivity index (χ2v) is 7.20. The molecule has 24 heavy (non-hydrogen) atoms. The second-order valence-electron chi connectivity index (χ2n) is 7.20. The Morgan fingerprint density at radius 2 is 1.75 bits per heavy atom. The zero-order chi connectivity index (χ0) is 16.7. The van der Waals surface area contributed by atoms with Crippen molar-refractivity contribution in [2.24, 2.45) is 0 Å². The molecule has 2 heterocycles. The number of carboxylic acids is 1. The monoisotopic (exact) mass is 328 g/mol. The van der Waals surface area contributed by atoms with Crippen molar-refractivity contribution in [3.05, 3.63) is 29.8 Å². The second kappa shape index (κ2) is 6.20. The summed E-state index contributed by atoms with van der Waals surface area (Å²) in [5.41, 5.74) is 2.25. The van der Waals surface area contributed by atoms with Crippen LogP contribution in [0.5, 0.6) is 0 Å². The molecule has 3 aliphatic rings. The lowest BCUT2D eigenvalue weighted by Gasteiger charge is -2.32. The summed E-state index contributed by atoms with van der Waals surface area (Å²) in [6.07, 6.45) is 6.38. The molecule has 2 atom stereocenters. The molecular weight excluding hydrogens is 304 g/mol. The molecule has 1 aromatic carbocycles. The summed E-state index contributed by atoms with van der Waals surface area (Å²) >= 11 is 0. The molecular formula is C19H24N2O3. The van der Waals surface area contributed by atoms with E-state index in [1.807, 2.05) is 28.0 Å². The van der Waals surface area contributed by atoms with Crippen molar-refractivity contribution in [3.63, 3.8) is 0 Å². The van der Waals surface area contributed by atoms with Gasteiger partial charge in [-0.3, -0.25) is 14.5 Å². The molecule has 0 bridgehead atoms. The van der Waals surface area contributed by atoms with E-state index >= 15 is 0 Å². The van der Waals surface area contributed by atoms with Crippen LogP contribution >= 0.6 is 0 Å². The molecule has 1 N–H and O–H groups in total. The van der Waals surface area contributed by atoms with Crippen molar-refractivity contribution < 1.29 is 14.7 Å². The van der Waals surface area contributed by atoms with E-state index in [4.69, 9.17) is 0 Å². The number of hydrogen-bond donors (Lipinski definition) is 1. The van der Waals surface area contributed by atoms with Gasteiger partial charge in [0.2, 0.25) is 5.91 Å². The Hall–Kier alpha value is -1.88. The lowest BCUT2D eigenvalue weighted by Crippen LogP contribution is -2.50. The molecule has 5 nitrogen and oxygen atoms in total. The highest BCUT2D eigenvalue weighted by Gasteiger charge is 2.49. The molecule has 0 spiro atoms. The van der Waals surface area contributed by atoms with Crippen LogP contribution in [-0.2, 0) is 16.0 Å². The topological polar surface area (TPSA) is 60.9 Å². The molecule has 2 aliphatic heterocycles. The number of carbonyl (C=O) groups is 2. The van der Waals surface area contributed by atoms with Gasteiger partial charge in [0, 0.05) is 18.3 Å². The Labute approximate surface area is 142 Å². The summed E-state index contributed by atoms with van der Waals surface area (Å²) in [5.74, 6) is -0.687. The number of aryl methyl sites for hydroxylation is 1. The summed E-state index contributed by atoms with van der Waals surface area (Å²) in [5, 5.41) is 9.51. The zero-order valence-corrected chi connectivity index (χ0v) is 13.9. The average Bonchev–Trinajstić information content (AvgIpc) is 3.36. The van der Waals surface area contributed by atoms with E-state index in [-0.39, 0.29) is 18.0 Å². The maximum Gasteiger partial charge on any atom is 0.320 e. The number of aliphatic carboxylic acids is 1. The first-order chi connectivity index (χ1) is 11.7. The molecule has 1 aliphatic carbocycles. The predicted octanol–water partition coefficient (Wildman–Crippen LogP) is 2.44. The van der Waals surface area contributed by atoms with Gasteiger partial charge < -0.3 is 10.0 Å². The van der Waals surface area contributed by atoms with E-state index in [0.717, 1.165) is 44.3 Å². The van der Waals surface area contributed by atoms with Gasteiger partial charge in [0.25, 0.3) is 0 Å². The molecule has 2 fully saturated rings. The lowest BCUT2D eigenvalue weighted by molar-refractivity contribution is -0.143. The molecule has 1 saturated heterocycles. The van der Waals surface area contributed by atoms with E-state index in [9.17, 15) is 14.7 Å². The highest BCUT2D eigenvalue weighted by Crippen LogP contribution is 2.39. The molecule has 1 amide bonds. The van der Waals surface area contributed by atoms with Crippen molar-refractivity contribution >= 4 is 17.6 Å². The normalized spacial score (nSPS) is 27.6. The van der Waals surface area contributed by atoms with Gasteiger partial charge in [-0.2, -0.15) is 0 Å². The van der Waals surface area contributed by atoms with Gasteiger partial charge >= 0.3 is 5.97 Å². The number of carboxylic acid groups (broad SMARTS) is 1. The summed E-state index contributed by atoms with van der Waals surface area (Å²) in [4.78, 5) is 28.8. The van der Waals surface area contributed by atoms with Crippen LogP contribution in [0, 0.1) is 0 Å². The lowest BCUT2D eigenvalue weighted by atomic mass is 10.1. The van der Waals surface area contributed by atoms with Crippen molar-refractivity contribution in [1.29, 1.82) is 0 Å². The fourth-order valence-corrected chi connectivity index (χ4v) is 4.31. The number of fused-ring (bicyclic) bond motifs is 1. The number of hydrogen-bond acceptors (Lipinski definition) is 3. The Bertz CT molecular complexity index is 656. The number of benzene rings is 1. The molecule has 4 rings (SSSR count). The maximum atomic E-state index is 13.3. The van der Waals surface area contributed by atoms with Crippen molar-refractivity contribution in [3.8, 4) is 0 Å². The minimum absolute atomic E-state index is 0.0972. The number of carbonyl (C=O) groups excluding carboxylic acids is 1. The van der Waals surface area contributed by atoms with Gasteiger partial charge in [0.15, 0.2) is 0 Å². The third kappa shape index (κ3) is 2.71. The summed E-state index contributed by atoms with van der Waals surface area (Å²) in [6, 6.07) is 7.66. The molecule has 2 unspecified atom stereocenters. The standard InChI is InChI=1S/C19H24N2O3/c22-18(16-10-11-17(19(23)24)21(16)14-8-9-14)20-12-4-3-6-13-5-1-2-7-15(13)20/h1-2,5,7,14,16-17H,3-4,6,8-12H2,(H,23,24). The van der Waals surface area contributed by atoms with Gasteiger partial charge in [-0.15, -0.1) is 0 Å². The van der Waals surface area contributed by atoms with Crippen molar-refractivity contribution in [1.82, 2.24) is 4.90 Å². The maximum absolute atomic E-state index is 13.3. The Kier molecular flexibility index (Phi) is 4.04. The van der Waals surface area contributed by atoms with Crippen molar-refractivity contribution in [2.45, 2.75) is 63.1 Å². The average molecular weight is 328 g/mol. The van der Waals surface area contributed by atoms with E-state index < -0.39 is 12.0 Å². The van der Waals surface area contributed by atoms with Crippen LogP contribution < -0.4 is 4.90 Å². The molecule has 5 heteroatoms. The summed E-state index contributed by atoms with van der Waals surface area (Å²) < 4.78 is 0. The predicted molar refractivity (Wildman–Crippen MR) is 91.0 cm³/mol. The third-order valence-corrected chi connectivity index (χ3v) is 5.60. The highest BCUT2D eigenvalue weighted by atomic mass is 16.4. The fourth-order valence-electron chi connectivity index (χ4n) is 4.31. The van der Waals surface area contributed by atoms with Crippen LogP contribution in [0.2, 0.25) is 0 Å². The van der Waals surface area contributed by atoms with Gasteiger partial charge in [-0.05, 0) is 56.6 Å². The van der Waals surface area contributed by atoms with Crippen LogP contribution in [0.15, 0.2) is 24.3 Å². The van der Waals surface area contributed by atoms with Crippen LogP contribution in [0.4, 0.5) is 5.69 Å². The first-order valence-corrected chi connectivity index (χ1v) is 9.06. The van der Waals surface area contributed by atoms with E-state index in [1.165, 1.54) is 5.56 Å². The largest absolute Gasteiger partial charge is 0.480 e. The summed E-state index contributed by atoms with van der Waals surface area (Å²) in [6.45, 7) is 0.739. The number of para-hydroxylation sites is 1. The number of likely N-dealkylation sites (tertiary alicyclic amines) is 1. The molecule has 1 aromatic rings. The van der Waals surface area contributed by atoms with E-state index in [2.05, 4.69) is 6.07 Å². The zero-order valence-electron chi connectivity index (χ0n) is 13.9.